The number of benzene rings is 2. The Morgan fingerprint density at radius 2 is 1.96 bits per heavy atom. The first-order valence-electron chi connectivity index (χ1n) is 8.47. The first kappa shape index (κ1) is 19.9. The van der Waals surface area contributed by atoms with Crippen molar-refractivity contribution in [2.45, 2.75) is 13.0 Å². The first-order chi connectivity index (χ1) is 13.4. The van der Waals surface area contributed by atoms with E-state index in [2.05, 4.69) is 10.3 Å². The number of ether oxygens (including phenoxy) is 1. The molecule has 0 atom stereocenters. The normalized spacial score (nSPS) is 10.6. The molecule has 146 valence electrons. The predicted molar refractivity (Wildman–Crippen MR) is 108 cm³/mol. The third kappa shape index (κ3) is 4.91. The molecule has 1 heterocycles. The second-order valence-electron chi connectivity index (χ2n) is 6.06. The average molecular weight is 421 g/mol. The zero-order valence-electron chi connectivity index (χ0n) is 14.7. The number of nitrogens with one attached hydrogen (secondary N) is 2. The molecule has 3 aromatic rings. The van der Waals surface area contributed by atoms with Crippen LogP contribution < -0.4 is 5.32 Å². The van der Waals surface area contributed by atoms with Crippen LogP contribution in [0.5, 0.6) is 11.5 Å². The van der Waals surface area contributed by atoms with E-state index in [1.165, 1.54) is 18.2 Å². The van der Waals surface area contributed by atoms with Crippen LogP contribution in [0.1, 0.15) is 21.6 Å². The van der Waals surface area contributed by atoms with Gasteiger partial charge >= 0.3 is 5.97 Å². The lowest BCUT2D eigenvalue weighted by Gasteiger charge is -2.11. The van der Waals surface area contributed by atoms with Gasteiger partial charge in [0.25, 0.3) is 0 Å². The maximum Gasteiger partial charge on any atom is 0.341 e. The number of hydrogen-bond acceptors (Lipinski definition) is 5. The van der Waals surface area contributed by atoms with Crippen molar-refractivity contribution in [1.82, 2.24) is 4.98 Å². The first-order valence-corrected chi connectivity index (χ1v) is 9.23. The van der Waals surface area contributed by atoms with Crippen LogP contribution in [-0.4, -0.2) is 27.8 Å². The molecule has 0 unspecified atom stereocenters. The summed E-state index contributed by atoms with van der Waals surface area (Å²) in [4.78, 5) is 15.2. The van der Waals surface area contributed by atoms with E-state index in [4.69, 9.17) is 27.9 Å². The number of esters is 1. The average Bonchev–Trinajstić information content (AvgIpc) is 3.17. The molecule has 0 spiro atoms. The fraction of sp³-hybridized carbons (Fsp3) is 0.150. The fourth-order valence-corrected chi connectivity index (χ4v) is 3.16. The van der Waals surface area contributed by atoms with Crippen LogP contribution in [0.3, 0.4) is 0 Å². The number of anilines is 1. The number of hydrogen-bond donors (Lipinski definition) is 4. The predicted octanol–water partition coefficient (Wildman–Crippen LogP) is 4.74. The lowest BCUT2D eigenvalue weighted by atomic mass is 10.1. The summed E-state index contributed by atoms with van der Waals surface area (Å²) in [5, 5.41) is 23.7. The van der Waals surface area contributed by atoms with Crippen LogP contribution in [-0.2, 0) is 17.7 Å². The Morgan fingerprint density at radius 1 is 1.14 bits per heavy atom. The summed E-state index contributed by atoms with van der Waals surface area (Å²) in [6.07, 6.45) is 2.36. The molecule has 4 N–H and O–H groups in total. The van der Waals surface area contributed by atoms with Gasteiger partial charge in [0.15, 0.2) is 0 Å². The Kier molecular flexibility index (Phi) is 6.34. The smallest absolute Gasteiger partial charge is 0.341 e. The van der Waals surface area contributed by atoms with E-state index < -0.39 is 5.97 Å². The number of aromatic hydroxyl groups is 2. The molecule has 0 aliphatic heterocycles. The van der Waals surface area contributed by atoms with E-state index in [0.717, 1.165) is 5.69 Å². The zero-order chi connectivity index (χ0) is 20.1. The number of halogens is 2. The van der Waals surface area contributed by atoms with Crippen molar-refractivity contribution < 1.29 is 19.7 Å². The Labute approximate surface area is 171 Å². The second-order valence-corrected chi connectivity index (χ2v) is 6.91. The van der Waals surface area contributed by atoms with Crippen molar-refractivity contribution in [2.24, 2.45) is 0 Å². The summed E-state index contributed by atoms with van der Waals surface area (Å²) < 4.78 is 5.19. The standard InChI is InChI=1S/C20H18Cl2N2O4/c21-13-8-12(19(26)17(22)9-13)11-24-15-3-4-16(18(25)10-15)20(27)28-7-5-14-2-1-6-23-14/h1-4,6,8-10,23-26H,5,7,11H2. The number of carbonyl (C=O) groups is 1. The van der Waals surface area contributed by atoms with Crippen LogP contribution in [0.15, 0.2) is 48.7 Å². The minimum Gasteiger partial charge on any atom is -0.507 e. The largest absolute Gasteiger partial charge is 0.507 e. The molecule has 8 heteroatoms. The lowest BCUT2D eigenvalue weighted by molar-refractivity contribution is 0.0505. The van der Waals surface area contributed by atoms with Gasteiger partial charge in [0.05, 0.1) is 11.6 Å². The molecule has 3 rings (SSSR count). The number of H-pyrrole nitrogens is 1. The molecule has 0 aliphatic carbocycles. The summed E-state index contributed by atoms with van der Waals surface area (Å²) in [7, 11) is 0. The molecule has 1 aromatic heterocycles. The fourth-order valence-electron chi connectivity index (χ4n) is 2.62. The van der Waals surface area contributed by atoms with Gasteiger partial charge in [0.2, 0.25) is 0 Å². The van der Waals surface area contributed by atoms with E-state index >= 15 is 0 Å². The summed E-state index contributed by atoms with van der Waals surface area (Å²) >= 11 is 11.8. The number of rotatable bonds is 7. The monoisotopic (exact) mass is 420 g/mol. The highest BCUT2D eigenvalue weighted by molar-refractivity contribution is 6.35. The number of phenols is 2. The maximum atomic E-state index is 12.1. The van der Waals surface area contributed by atoms with Crippen molar-refractivity contribution in [3.8, 4) is 11.5 Å². The van der Waals surface area contributed by atoms with Gasteiger partial charge in [-0.1, -0.05) is 23.2 Å². The van der Waals surface area contributed by atoms with Crippen molar-refractivity contribution in [3.63, 3.8) is 0 Å². The van der Waals surface area contributed by atoms with Crippen molar-refractivity contribution in [2.75, 3.05) is 11.9 Å². The molecule has 0 aliphatic rings. The van der Waals surface area contributed by atoms with E-state index in [1.54, 1.807) is 18.3 Å². The van der Waals surface area contributed by atoms with Crippen LogP contribution in [0.2, 0.25) is 10.0 Å². The summed E-state index contributed by atoms with van der Waals surface area (Å²) in [6.45, 7) is 0.430. The highest BCUT2D eigenvalue weighted by atomic mass is 35.5. The van der Waals surface area contributed by atoms with Gasteiger partial charge < -0.3 is 25.3 Å². The van der Waals surface area contributed by atoms with Gasteiger partial charge in [-0.25, -0.2) is 4.79 Å². The van der Waals surface area contributed by atoms with Crippen LogP contribution in [0.4, 0.5) is 5.69 Å². The molecule has 0 amide bonds. The molecule has 0 bridgehead atoms. The topological polar surface area (TPSA) is 94.6 Å². The summed E-state index contributed by atoms with van der Waals surface area (Å²) in [6, 6.07) is 11.3. The van der Waals surface area contributed by atoms with Gasteiger partial charge in [-0.3, -0.25) is 0 Å². The van der Waals surface area contributed by atoms with E-state index in [9.17, 15) is 15.0 Å². The molecule has 0 radical (unpaired) electrons. The lowest BCUT2D eigenvalue weighted by Crippen LogP contribution is -2.09. The molecule has 28 heavy (non-hydrogen) atoms. The van der Waals surface area contributed by atoms with Crippen molar-refractivity contribution in [3.05, 3.63) is 75.5 Å². The van der Waals surface area contributed by atoms with Gasteiger partial charge in [-0.15, -0.1) is 0 Å². The summed E-state index contributed by atoms with van der Waals surface area (Å²) in [5.41, 5.74) is 2.09. The van der Waals surface area contributed by atoms with E-state index in [-0.39, 0.29) is 35.2 Å². The second kappa shape index (κ2) is 8.91. The zero-order valence-corrected chi connectivity index (χ0v) is 16.2. The summed E-state index contributed by atoms with van der Waals surface area (Å²) in [5.74, 6) is -0.872. The Morgan fingerprint density at radius 3 is 2.68 bits per heavy atom. The van der Waals surface area contributed by atoms with Gasteiger partial charge in [0, 0.05) is 47.2 Å². The van der Waals surface area contributed by atoms with E-state index in [1.807, 2.05) is 12.1 Å². The number of aromatic nitrogens is 1. The molecule has 2 aromatic carbocycles. The minimum atomic E-state index is -0.602. The number of carbonyl (C=O) groups excluding carboxylic acids is 1. The number of aromatic amines is 1. The highest BCUT2D eigenvalue weighted by Crippen LogP contribution is 2.32. The van der Waals surface area contributed by atoms with Gasteiger partial charge in [-0.2, -0.15) is 0 Å². The Hall–Kier alpha value is -2.83. The molecule has 6 nitrogen and oxygen atoms in total. The quantitative estimate of drug-likeness (QED) is 0.414. The van der Waals surface area contributed by atoms with Crippen LogP contribution >= 0.6 is 23.2 Å². The van der Waals surface area contributed by atoms with Crippen molar-refractivity contribution in [1.29, 1.82) is 0 Å². The maximum absolute atomic E-state index is 12.1. The van der Waals surface area contributed by atoms with Crippen molar-refractivity contribution >= 4 is 34.9 Å². The van der Waals surface area contributed by atoms with Gasteiger partial charge in [-0.05, 0) is 36.4 Å². The SMILES string of the molecule is O=C(OCCc1ccc[nH]1)c1ccc(NCc2cc(Cl)cc(Cl)c2O)cc1O. The van der Waals surface area contributed by atoms with Crippen LogP contribution in [0.25, 0.3) is 0 Å². The van der Waals surface area contributed by atoms with Crippen LogP contribution in [0, 0.1) is 0 Å². The molecular formula is C20H18Cl2N2O4. The molecule has 0 saturated heterocycles. The van der Waals surface area contributed by atoms with E-state index in [0.29, 0.717) is 22.7 Å². The Bertz CT molecular complexity index is 975. The molecule has 0 saturated carbocycles. The molecule has 0 fully saturated rings. The third-order valence-corrected chi connectivity index (χ3v) is 4.58. The third-order valence-electron chi connectivity index (χ3n) is 4.07. The minimum absolute atomic E-state index is 0.0648. The number of phenolic OH excluding ortho intramolecular Hbond substituents is 2. The highest BCUT2D eigenvalue weighted by Gasteiger charge is 2.14. The molecular weight excluding hydrogens is 403 g/mol. The Balaban J connectivity index is 1.59. The van der Waals surface area contributed by atoms with Gasteiger partial charge in [0.1, 0.15) is 17.1 Å².